The standard InChI is InChI=1S/C18H23NO3S/c1-22-18(21)15-12-4-2-3-5-14(12)23-17(15)19-16(20)13-9-10-6-7-11(13)8-10/h10-11,13H,2-9H2,1H3,(H,19,20)/t10-,11+,13+/m0/s1. The van der Waals surface area contributed by atoms with E-state index in [1.54, 1.807) is 11.3 Å². The number of amides is 1. The van der Waals surface area contributed by atoms with Crippen LogP contribution in [0.2, 0.25) is 0 Å². The van der Waals surface area contributed by atoms with Gasteiger partial charge in [-0.15, -0.1) is 11.3 Å². The van der Waals surface area contributed by atoms with E-state index in [0.717, 1.165) is 48.6 Å². The third-order valence-corrected chi connectivity index (χ3v) is 7.08. The second-order valence-corrected chi connectivity index (χ2v) is 8.28. The van der Waals surface area contributed by atoms with Crippen molar-refractivity contribution in [2.75, 3.05) is 12.4 Å². The molecule has 0 saturated heterocycles. The van der Waals surface area contributed by atoms with E-state index in [-0.39, 0.29) is 17.8 Å². The predicted octanol–water partition coefficient (Wildman–Crippen LogP) is 3.79. The predicted molar refractivity (Wildman–Crippen MR) is 89.9 cm³/mol. The zero-order valence-corrected chi connectivity index (χ0v) is 14.3. The van der Waals surface area contributed by atoms with Crippen molar-refractivity contribution in [3.05, 3.63) is 16.0 Å². The SMILES string of the molecule is COC(=O)c1c(NC(=O)[C@@H]2C[C@H]3CC[C@@H]2C3)sc2c1CCCC2. The molecule has 1 heterocycles. The van der Waals surface area contributed by atoms with Crippen LogP contribution in [0, 0.1) is 17.8 Å². The fraction of sp³-hybridized carbons (Fsp3) is 0.667. The Labute approximate surface area is 140 Å². The molecular formula is C18H23NO3S. The van der Waals surface area contributed by atoms with Gasteiger partial charge in [0.2, 0.25) is 5.91 Å². The number of esters is 1. The molecule has 124 valence electrons. The summed E-state index contributed by atoms with van der Waals surface area (Å²) in [5.41, 5.74) is 1.72. The minimum absolute atomic E-state index is 0.112. The molecule has 4 nitrogen and oxygen atoms in total. The van der Waals surface area contributed by atoms with Gasteiger partial charge >= 0.3 is 5.97 Å². The molecule has 4 rings (SSSR count). The highest BCUT2D eigenvalue weighted by molar-refractivity contribution is 7.17. The summed E-state index contributed by atoms with van der Waals surface area (Å²) in [5.74, 6) is 1.23. The number of aryl methyl sites for hydroxylation is 1. The highest BCUT2D eigenvalue weighted by Gasteiger charge is 2.43. The highest BCUT2D eigenvalue weighted by atomic mass is 32.1. The summed E-state index contributed by atoms with van der Waals surface area (Å²) < 4.78 is 4.97. The van der Waals surface area contributed by atoms with Gasteiger partial charge in [-0.1, -0.05) is 6.42 Å². The Morgan fingerprint density at radius 2 is 2.00 bits per heavy atom. The molecule has 5 heteroatoms. The molecule has 2 saturated carbocycles. The molecule has 3 aliphatic carbocycles. The molecule has 2 fully saturated rings. The lowest BCUT2D eigenvalue weighted by atomic mass is 9.88. The topological polar surface area (TPSA) is 55.4 Å². The van der Waals surface area contributed by atoms with Crippen molar-refractivity contribution < 1.29 is 14.3 Å². The number of ether oxygens (including phenoxy) is 1. The maximum Gasteiger partial charge on any atom is 0.341 e. The maximum absolute atomic E-state index is 12.7. The van der Waals surface area contributed by atoms with Crippen molar-refractivity contribution >= 4 is 28.2 Å². The van der Waals surface area contributed by atoms with Gasteiger partial charge in [0, 0.05) is 10.8 Å². The fourth-order valence-corrected chi connectivity index (χ4v) is 6.02. The van der Waals surface area contributed by atoms with Crippen molar-refractivity contribution in [3.63, 3.8) is 0 Å². The van der Waals surface area contributed by atoms with Crippen molar-refractivity contribution in [1.29, 1.82) is 0 Å². The third-order valence-electron chi connectivity index (χ3n) is 5.87. The van der Waals surface area contributed by atoms with E-state index in [4.69, 9.17) is 4.74 Å². The van der Waals surface area contributed by atoms with Crippen molar-refractivity contribution in [2.24, 2.45) is 17.8 Å². The number of rotatable bonds is 3. The smallest absolute Gasteiger partial charge is 0.341 e. The first-order chi connectivity index (χ1) is 11.2. The Bertz CT molecular complexity index is 651. The second kappa shape index (κ2) is 5.93. The van der Waals surface area contributed by atoms with Crippen LogP contribution < -0.4 is 5.32 Å². The van der Waals surface area contributed by atoms with Crippen molar-refractivity contribution in [1.82, 2.24) is 0 Å². The maximum atomic E-state index is 12.7. The Balaban J connectivity index is 1.59. The molecule has 3 atom stereocenters. The van der Waals surface area contributed by atoms with Gasteiger partial charge in [-0.05, 0) is 62.3 Å². The lowest BCUT2D eigenvalue weighted by molar-refractivity contribution is -0.121. The van der Waals surface area contributed by atoms with E-state index < -0.39 is 0 Å². The monoisotopic (exact) mass is 333 g/mol. The number of methoxy groups -OCH3 is 1. The molecule has 1 amide bonds. The number of fused-ring (bicyclic) bond motifs is 3. The van der Waals surface area contributed by atoms with Crippen LogP contribution in [0.25, 0.3) is 0 Å². The van der Waals surface area contributed by atoms with Crippen molar-refractivity contribution in [3.8, 4) is 0 Å². The first-order valence-electron chi connectivity index (χ1n) is 8.71. The average Bonchev–Trinajstić information content (AvgIpc) is 3.27. The van der Waals surface area contributed by atoms with E-state index in [9.17, 15) is 9.59 Å². The lowest BCUT2D eigenvalue weighted by Crippen LogP contribution is -2.27. The first kappa shape index (κ1) is 15.2. The summed E-state index contributed by atoms with van der Waals surface area (Å²) in [6, 6.07) is 0. The summed E-state index contributed by atoms with van der Waals surface area (Å²) in [5, 5.41) is 3.81. The summed E-state index contributed by atoms with van der Waals surface area (Å²) in [6.45, 7) is 0. The Hall–Kier alpha value is -1.36. The number of hydrogen-bond acceptors (Lipinski definition) is 4. The van der Waals surface area contributed by atoms with Gasteiger partial charge in [0.05, 0.1) is 12.7 Å². The molecule has 2 bridgehead atoms. The summed E-state index contributed by atoms with van der Waals surface area (Å²) >= 11 is 1.58. The molecule has 0 radical (unpaired) electrons. The largest absolute Gasteiger partial charge is 0.465 e. The first-order valence-corrected chi connectivity index (χ1v) is 9.52. The number of carbonyl (C=O) groups is 2. The molecule has 1 aromatic heterocycles. The molecule has 1 aromatic rings. The van der Waals surface area contributed by atoms with E-state index in [1.807, 2.05) is 0 Å². The number of carbonyl (C=O) groups excluding carboxylic acids is 2. The van der Waals surface area contributed by atoms with Crippen LogP contribution in [0.5, 0.6) is 0 Å². The zero-order valence-electron chi connectivity index (χ0n) is 13.5. The van der Waals surface area contributed by atoms with Crippen LogP contribution in [0.1, 0.15) is 59.3 Å². The van der Waals surface area contributed by atoms with Crippen LogP contribution in [-0.2, 0) is 22.4 Å². The zero-order chi connectivity index (χ0) is 16.0. The fourth-order valence-electron chi connectivity index (χ4n) is 4.74. The quantitative estimate of drug-likeness (QED) is 0.856. The van der Waals surface area contributed by atoms with E-state index in [2.05, 4.69) is 5.32 Å². The van der Waals surface area contributed by atoms with Crippen LogP contribution in [0.4, 0.5) is 5.00 Å². The minimum atomic E-state index is -0.312. The van der Waals surface area contributed by atoms with E-state index in [1.165, 1.54) is 31.2 Å². The number of hydrogen-bond donors (Lipinski definition) is 1. The highest BCUT2D eigenvalue weighted by Crippen LogP contribution is 2.49. The molecular weight excluding hydrogens is 310 g/mol. The Kier molecular flexibility index (Phi) is 3.92. The lowest BCUT2D eigenvalue weighted by Gasteiger charge is -2.20. The van der Waals surface area contributed by atoms with Gasteiger partial charge in [-0.25, -0.2) is 4.79 Å². The third kappa shape index (κ3) is 2.59. The molecule has 0 aromatic carbocycles. The summed E-state index contributed by atoms with van der Waals surface area (Å²) in [6.07, 6.45) is 8.90. The van der Waals surface area contributed by atoms with Gasteiger partial charge in [0.15, 0.2) is 0 Å². The van der Waals surface area contributed by atoms with Crippen LogP contribution in [0.3, 0.4) is 0 Å². The second-order valence-electron chi connectivity index (χ2n) is 7.18. The minimum Gasteiger partial charge on any atom is -0.465 e. The van der Waals surface area contributed by atoms with Crippen molar-refractivity contribution in [2.45, 2.75) is 51.4 Å². The van der Waals surface area contributed by atoms with Gasteiger partial charge in [0.25, 0.3) is 0 Å². The molecule has 1 N–H and O–H groups in total. The van der Waals surface area contributed by atoms with Crippen LogP contribution in [-0.4, -0.2) is 19.0 Å². The summed E-state index contributed by atoms with van der Waals surface area (Å²) in [4.78, 5) is 26.2. The molecule has 0 spiro atoms. The van der Waals surface area contributed by atoms with E-state index >= 15 is 0 Å². The van der Waals surface area contributed by atoms with Gasteiger partial charge in [-0.3, -0.25) is 4.79 Å². The molecule has 0 aliphatic heterocycles. The number of thiophene rings is 1. The average molecular weight is 333 g/mol. The molecule has 0 unspecified atom stereocenters. The molecule has 3 aliphatic rings. The van der Waals surface area contributed by atoms with Gasteiger partial charge in [-0.2, -0.15) is 0 Å². The normalized spacial score (nSPS) is 28.5. The van der Waals surface area contributed by atoms with Gasteiger partial charge < -0.3 is 10.1 Å². The van der Waals surface area contributed by atoms with Gasteiger partial charge in [0.1, 0.15) is 5.00 Å². The number of anilines is 1. The number of nitrogens with one attached hydrogen (secondary N) is 1. The van der Waals surface area contributed by atoms with E-state index in [0.29, 0.717) is 11.5 Å². The Morgan fingerprint density at radius 3 is 2.70 bits per heavy atom. The Morgan fingerprint density at radius 1 is 1.17 bits per heavy atom. The van der Waals surface area contributed by atoms with Crippen LogP contribution >= 0.6 is 11.3 Å². The molecule has 23 heavy (non-hydrogen) atoms. The summed E-state index contributed by atoms with van der Waals surface area (Å²) in [7, 11) is 1.41. The van der Waals surface area contributed by atoms with Crippen LogP contribution in [0.15, 0.2) is 0 Å².